The Labute approximate surface area is 124 Å². The molecule has 0 saturated carbocycles. The van der Waals surface area contributed by atoms with E-state index in [1.807, 2.05) is 11.8 Å². The second kappa shape index (κ2) is 14.0. The maximum absolute atomic E-state index is 10.0. The Bertz CT molecular complexity index is 162. The summed E-state index contributed by atoms with van der Waals surface area (Å²) in [7, 11) is 0. The van der Waals surface area contributed by atoms with Crippen molar-refractivity contribution in [3.05, 3.63) is 0 Å². The van der Waals surface area contributed by atoms with Crippen LogP contribution in [0, 0.1) is 0 Å². The first-order valence-electron chi connectivity index (χ1n) is 7.12. The summed E-state index contributed by atoms with van der Waals surface area (Å²) >= 11 is 1.85. The molecule has 0 aromatic heterocycles. The van der Waals surface area contributed by atoms with E-state index in [4.69, 9.17) is 0 Å². The molecule has 1 N–H and O–H groups in total. The van der Waals surface area contributed by atoms with E-state index in [1.54, 1.807) is 0 Å². The molecule has 0 radical (unpaired) electrons. The van der Waals surface area contributed by atoms with Crippen molar-refractivity contribution in [2.45, 2.75) is 64.7 Å². The first-order valence-corrected chi connectivity index (χ1v) is 8.17. The van der Waals surface area contributed by atoms with Crippen LogP contribution < -0.4 is 0 Å². The molecular weight excluding hydrogens is 266 g/mol. The van der Waals surface area contributed by atoms with E-state index < -0.39 is 0 Å². The summed E-state index contributed by atoms with van der Waals surface area (Å²) in [5, 5.41) is 10.6. The average Bonchev–Trinajstić information content (AvgIpc) is 2.30. The number of halogens is 1. The quantitative estimate of drug-likeness (QED) is 0.627. The Balaban J connectivity index is 0. The van der Waals surface area contributed by atoms with Gasteiger partial charge in [0.05, 0.1) is 6.10 Å². The molecule has 1 atom stereocenters. The molecule has 0 amide bonds. The summed E-state index contributed by atoms with van der Waals surface area (Å²) in [6, 6.07) is 0. The van der Waals surface area contributed by atoms with Crippen molar-refractivity contribution in [3.8, 4) is 0 Å². The lowest BCUT2D eigenvalue weighted by Crippen LogP contribution is -2.35. The fourth-order valence-electron chi connectivity index (χ4n) is 1.71. The van der Waals surface area contributed by atoms with Gasteiger partial charge in [-0.25, -0.2) is 0 Å². The molecule has 0 aliphatic heterocycles. The summed E-state index contributed by atoms with van der Waals surface area (Å²) in [5.74, 6) is 0.867. The minimum Gasteiger partial charge on any atom is -0.391 e. The van der Waals surface area contributed by atoms with Crippen LogP contribution >= 0.6 is 24.2 Å². The van der Waals surface area contributed by atoms with Gasteiger partial charge in [0.15, 0.2) is 0 Å². The van der Waals surface area contributed by atoms with Crippen LogP contribution in [-0.4, -0.2) is 46.7 Å². The maximum Gasteiger partial charge on any atom is 0.0757 e. The van der Waals surface area contributed by atoms with Crippen molar-refractivity contribution >= 4 is 24.2 Å². The molecule has 0 heterocycles. The van der Waals surface area contributed by atoms with Crippen LogP contribution in [-0.2, 0) is 0 Å². The molecule has 0 aliphatic rings. The number of nitrogens with zero attached hydrogens (tertiary/aromatic N) is 1. The number of rotatable bonds is 11. The zero-order valence-electron chi connectivity index (χ0n) is 12.5. The Hall–Kier alpha value is 0.560. The average molecular weight is 298 g/mol. The van der Waals surface area contributed by atoms with Crippen LogP contribution in [0.5, 0.6) is 0 Å². The van der Waals surface area contributed by atoms with Crippen LogP contribution in [0.25, 0.3) is 0 Å². The van der Waals surface area contributed by atoms with Crippen molar-refractivity contribution in [2.24, 2.45) is 0 Å². The van der Waals surface area contributed by atoms with Crippen LogP contribution in [0.15, 0.2) is 0 Å². The zero-order chi connectivity index (χ0) is 13.1. The van der Waals surface area contributed by atoms with Crippen molar-refractivity contribution in [2.75, 3.05) is 25.4 Å². The molecule has 0 fully saturated rings. The Morgan fingerprint density at radius 1 is 1.06 bits per heavy atom. The van der Waals surface area contributed by atoms with Gasteiger partial charge < -0.3 is 10.0 Å². The van der Waals surface area contributed by atoms with Gasteiger partial charge in [-0.3, -0.25) is 0 Å². The zero-order valence-corrected chi connectivity index (χ0v) is 14.2. The summed E-state index contributed by atoms with van der Waals surface area (Å²) in [4.78, 5) is 2.43. The molecule has 4 heteroatoms. The number of hydrogen-bond donors (Lipinski definition) is 1. The molecular formula is C14H32ClNOS. The Kier molecular flexibility index (Phi) is 16.2. The third-order valence-corrected chi connectivity index (χ3v) is 3.99. The molecule has 1 unspecified atom stereocenters. The highest BCUT2D eigenvalue weighted by molar-refractivity contribution is 7.99. The van der Waals surface area contributed by atoms with E-state index in [9.17, 15) is 5.11 Å². The van der Waals surface area contributed by atoms with E-state index in [0.29, 0.717) is 5.25 Å². The van der Waals surface area contributed by atoms with Crippen molar-refractivity contribution in [1.29, 1.82) is 0 Å². The number of hydrogen-bond acceptors (Lipinski definition) is 3. The minimum atomic E-state index is -0.170. The number of aliphatic hydroxyl groups is 1. The lowest BCUT2D eigenvalue weighted by atomic mass is 10.2. The standard InChI is InChI=1S/C14H31NOS.ClH/c1-5-7-9-15(10-8-6-2)11-14(16)12-17-13(3)4;/h13-14,16H,5-12H2,1-4H3;1H. The van der Waals surface area contributed by atoms with Crippen LogP contribution in [0.4, 0.5) is 0 Å². The van der Waals surface area contributed by atoms with Gasteiger partial charge in [0, 0.05) is 12.3 Å². The van der Waals surface area contributed by atoms with E-state index in [-0.39, 0.29) is 18.5 Å². The molecule has 2 nitrogen and oxygen atoms in total. The predicted octanol–water partition coefficient (Wildman–Crippen LogP) is 3.81. The van der Waals surface area contributed by atoms with Gasteiger partial charge in [-0.05, 0) is 31.2 Å². The third kappa shape index (κ3) is 13.0. The minimum absolute atomic E-state index is 0. The third-order valence-electron chi connectivity index (χ3n) is 2.75. The van der Waals surface area contributed by atoms with E-state index in [1.165, 1.54) is 25.7 Å². The van der Waals surface area contributed by atoms with Crippen LogP contribution in [0.3, 0.4) is 0 Å². The van der Waals surface area contributed by atoms with E-state index in [2.05, 4.69) is 32.6 Å². The Morgan fingerprint density at radius 3 is 1.94 bits per heavy atom. The molecule has 0 saturated heterocycles. The number of unbranched alkanes of at least 4 members (excludes halogenated alkanes) is 2. The van der Waals surface area contributed by atoms with E-state index >= 15 is 0 Å². The normalized spacial score (nSPS) is 12.8. The highest BCUT2D eigenvalue weighted by atomic mass is 35.5. The number of thioether (sulfide) groups is 1. The van der Waals surface area contributed by atoms with E-state index in [0.717, 1.165) is 25.4 Å². The molecule has 0 rings (SSSR count). The number of aliphatic hydroxyl groups excluding tert-OH is 1. The molecule has 18 heavy (non-hydrogen) atoms. The van der Waals surface area contributed by atoms with Gasteiger partial charge >= 0.3 is 0 Å². The van der Waals surface area contributed by atoms with Crippen LogP contribution in [0.2, 0.25) is 0 Å². The lowest BCUT2D eigenvalue weighted by Gasteiger charge is -2.25. The van der Waals surface area contributed by atoms with Gasteiger partial charge in [0.2, 0.25) is 0 Å². The molecule has 0 aromatic rings. The van der Waals surface area contributed by atoms with Crippen LogP contribution in [0.1, 0.15) is 53.4 Å². The summed E-state index contributed by atoms with van der Waals surface area (Å²) in [6.07, 6.45) is 4.79. The summed E-state index contributed by atoms with van der Waals surface area (Å²) < 4.78 is 0. The highest BCUT2D eigenvalue weighted by Gasteiger charge is 2.11. The van der Waals surface area contributed by atoms with Crippen molar-refractivity contribution in [1.82, 2.24) is 4.90 Å². The smallest absolute Gasteiger partial charge is 0.0757 e. The molecule has 0 bridgehead atoms. The van der Waals surface area contributed by atoms with Gasteiger partial charge in [-0.1, -0.05) is 40.5 Å². The lowest BCUT2D eigenvalue weighted by molar-refractivity contribution is 0.127. The van der Waals surface area contributed by atoms with Gasteiger partial charge in [0.1, 0.15) is 0 Å². The molecule has 0 spiro atoms. The van der Waals surface area contributed by atoms with Gasteiger partial charge in [-0.2, -0.15) is 11.8 Å². The van der Waals surface area contributed by atoms with Gasteiger partial charge in [-0.15, -0.1) is 12.4 Å². The first kappa shape index (κ1) is 20.9. The fourth-order valence-corrected chi connectivity index (χ4v) is 2.42. The van der Waals surface area contributed by atoms with Crippen molar-refractivity contribution < 1.29 is 5.11 Å². The molecule has 112 valence electrons. The largest absolute Gasteiger partial charge is 0.391 e. The summed E-state index contributed by atoms with van der Waals surface area (Å²) in [6.45, 7) is 11.9. The van der Waals surface area contributed by atoms with Crippen molar-refractivity contribution in [3.63, 3.8) is 0 Å². The second-order valence-corrected chi connectivity index (χ2v) is 6.65. The molecule has 0 aliphatic carbocycles. The molecule has 0 aromatic carbocycles. The SMILES string of the molecule is CCCCN(CCCC)CC(O)CSC(C)C.Cl. The maximum atomic E-state index is 10.0. The fraction of sp³-hybridized carbons (Fsp3) is 1.00. The topological polar surface area (TPSA) is 23.5 Å². The predicted molar refractivity (Wildman–Crippen MR) is 87.1 cm³/mol. The second-order valence-electron chi connectivity index (χ2n) is 5.04. The first-order chi connectivity index (χ1) is 8.10. The Morgan fingerprint density at radius 2 is 1.56 bits per heavy atom. The summed E-state index contributed by atoms with van der Waals surface area (Å²) in [5.41, 5.74) is 0. The highest BCUT2D eigenvalue weighted by Crippen LogP contribution is 2.11. The van der Waals surface area contributed by atoms with Gasteiger partial charge in [0.25, 0.3) is 0 Å². The monoisotopic (exact) mass is 297 g/mol.